The predicted octanol–water partition coefficient (Wildman–Crippen LogP) is 3.59. The molecule has 2 N–H and O–H groups in total. The van der Waals surface area contributed by atoms with Gasteiger partial charge in [0.1, 0.15) is 22.5 Å². The summed E-state index contributed by atoms with van der Waals surface area (Å²) in [5, 5.41) is 24.9. The summed E-state index contributed by atoms with van der Waals surface area (Å²) in [4.78, 5) is 13.9. The average Bonchev–Trinajstić information content (AvgIpc) is 3.46. The molecule has 9 heteroatoms. The van der Waals surface area contributed by atoms with Crippen molar-refractivity contribution >= 4 is 22.2 Å². The van der Waals surface area contributed by atoms with Crippen LogP contribution in [0.15, 0.2) is 23.7 Å². The molecule has 2 aromatic heterocycles. The van der Waals surface area contributed by atoms with E-state index in [1.54, 1.807) is 23.5 Å². The van der Waals surface area contributed by atoms with Gasteiger partial charge >= 0.3 is 0 Å². The number of aromatic hydroxyl groups is 1. The van der Waals surface area contributed by atoms with Crippen LogP contribution in [-0.2, 0) is 13.0 Å². The van der Waals surface area contributed by atoms with Crippen molar-refractivity contribution in [2.24, 2.45) is 5.41 Å². The number of hydrogen-bond acceptors (Lipinski definition) is 8. The summed E-state index contributed by atoms with van der Waals surface area (Å²) in [6.07, 6.45) is 1.68. The van der Waals surface area contributed by atoms with Crippen LogP contribution in [-0.4, -0.2) is 47.8 Å². The van der Waals surface area contributed by atoms with E-state index in [0.29, 0.717) is 29.9 Å². The van der Waals surface area contributed by atoms with Crippen molar-refractivity contribution in [1.29, 1.82) is 5.26 Å². The summed E-state index contributed by atoms with van der Waals surface area (Å²) in [7, 11) is 0. The molecule has 0 radical (unpaired) electrons. The lowest BCUT2D eigenvalue weighted by Crippen LogP contribution is -2.54. The Balaban J connectivity index is 1.52. The third-order valence-corrected chi connectivity index (χ3v) is 8.43. The highest BCUT2D eigenvalue weighted by Crippen LogP contribution is 2.43. The molecular weight excluding hydrogens is 451 g/mol. The van der Waals surface area contributed by atoms with Crippen molar-refractivity contribution in [3.63, 3.8) is 0 Å². The number of pyridine rings is 1. The number of fused-ring (bicyclic) bond motifs is 1. The Kier molecular flexibility index (Phi) is 4.97. The normalized spacial score (nSPS) is 18.6. The fourth-order valence-corrected chi connectivity index (χ4v) is 6.40. The van der Waals surface area contributed by atoms with Gasteiger partial charge in [0, 0.05) is 49.3 Å². The molecule has 2 fully saturated rings. The topological polar surface area (TPSA) is 88.3 Å². The lowest BCUT2D eigenvalue weighted by Gasteiger charge is -2.39. The van der Waals surface area contributed by atoms with Gasteiger partial charge in [-0.2, -0.15) is 5.26 Å². The SMILES string of the molecule is Cc1ncsc1N1CCc2c(nc(N3CCC4(CNC4)C3)c(C#N)c2-c2cccc(O)c2F)C1. The molecule has 0 atom stereocenters. The van der Waals surface area contributed by atoms with E-state index in [9.17, 15) is 10.4 Å². The van der Waals surface area contributed by atoms with Crippen LogP contribution in [0, 0.1) is 29.5 Å². The van der Waals surface area contributed by atoms with Gasteiger partial charge < -0.3 is 20.2 Å². The van der Waals surface area contributed by atoms with Crippen molar-refractivity contribution in [1.82, 2.24) is 15.3 Å². The summed E-state index contributed by atoms with van der Waals surface area (Å²) in [5.41, 5.74) is 6.05. The van der Waals surface area contributed by atoms with Crippen LogP contribution in [0.1, 0.15) is 28.9 Å². The molecule has 6 rings (SSSR count). The average molecular weight is 477 g/mol. The Morgan fingerprint density at radius 1 is 1.26 bits per heavy atom. The number of phenols is 1. The molecule has 1 aromatic carbocycles. The number of nitriles is 1. The van der Waals surface area contributed by atoms with Crippen LogP contribution in [0.4, 0.5) is 15.2 Å². The van der Waals surface area contributed by atoms with E-state index in [1.165, 1.54) is 6.07 Å². The highest BCUT2D eigenvalue weighted by Gasteiger charge is 2.44. The zero-order valence-corrected chi connectivity index (χ0v) is 19.8. The Bertz CT molecular complexity index is 1330. The summed E-state index contributed by atoms with van der Waals surface area (Å²) in [6, 6.07) is 6.97. The van der Waals surface area contributed by atoms with E-state index >= 15 is 4.39 Å². The third-order valence-electron chi connectivity index (χ3n) is 7.44. The Hall–Kier alpha value is -3.22. The molecule has 2 saturated heterocycles. The minimum Gasteiger partial charge on any atom is -0.505 e. The fraction of sp³-hybridized carbons (Fsp3) is 0.400. The Labute approximate surface area is 201 Å². The lowest BCUT2D eigenvalue weighted by molar-refractivity contribution is 0.199. The lowest BCUT2D eigenvalue weighted by atomic mass is 9.81. The van der Waals surface area contributed by atoms with Crippen LogP contribution >= 0.6 is 11.3 Å². The van der Waals surface area contributed by atoms with Crippen LogP contribution in [0.2, 0.25) is 0 Å². The molecule has 0 saturated carbocycles. The summed E-state index contributed by atoms with van der Waals surface area (Å²) in [5.74, 6) is -0.474. The van der Waals surface area contributed by atoms with Crippen molar-refractivity contribution in [3.05, 3.63) is 52.0 Å². The Morgan fingerprint density at radius 2 is 2.12 bits per heavy atom. The minimum atomic E-state index is -0.694. The van der Waals surface area contributed by atoms with E-state index in [0.717, 1.165) is 61.1 Å². The summed E-state index contributed by atoms with van der Waals surface area (Å²) >= 11 is 1.61. The first-order valence-electron chi connectivity index (χ1n) is 11.5. The molecule has 7 nitrogen and oxygen atoms in total. The number of thiazole rings is 1. The fourth-order valence-electron chi connectivity index (χ4n) is 5.57. The number of rotatable bonds is 3. The quantitative estimate of drug-likeness (QED) is 0.597. The highest BCUT2D eigenvalue weighted by molar-refractivity contribution is 7.14. The number of hydrogen-bond donors (Lipinski definition) is 2. The molecule has 3 aromatic rings. The smallest absolute Gasteiger partial charge is 0.172 e. The maximum absolute atomic E-state index is 15.2. The van der Waals surface area contributed by atoms with E-state index < -0.39 is 11.6 Å². The van der Waals surface area contributed by atoms with E-state index in [1.807, 2.05) is 12.4 Å². The van der Waals surface area contributed by atoms with Gasteiger partial charge in [-0.3, -0.25) is 0 Å². The van der Waals surface area contributed by atoms with E-state index in [4.69, 9.17) is 4.98 Å². The molecule has 34 heavy (non-hydrogen) atoms. The van der Waals surface area contributed by atoms with Gasteiger partial charge in [0.2, 0.25) is 0 Å². The first-order chi connectivity index (χ1) is 16.5. The molecule has 174 valence electrons. The van der Waals surface area contributed by atoms with Crippen molar-refractivity contribution < 1.29 is 9.50 Å². The van der Waals surface area contributed by atoms with Gasteiger partial charge in [0.25, 0.3) is 0 Å². The van der Waals surface area contributed by atoms with Gasteiger partial charge in [0.15, 0.2) is 11.6 Å². The number of halogens is 1. The third kappa shape index (κ3) is 3.24. The zero-order valence-electron chi connectivity index (χ0n) is 18.9. The van der Waals surface area contributed by atoms with E-state index in [-0.39, 0.29) is 11.0 Å². The number of phenolic OH excluding ortho intramolecular Hbond substituents is 1. The van der Waals surface area contributed by atoms with Gasteiger partial charge in [-0.15, -0.1) is 11.3 Å². The molecule has 0 aliphatic carbocycles. The monoisotopic (exact) mass is 476 g/mol. The van der Waals surface area contributed by atoms with Gasteiger partial charge in [-0.05, 0) is 31.4 Å². The largest absolute Gasteiger partial charge is 0.505 e. The first-order valence-corrected chi connectivity index (χ1v) is 12.4. The van der Waals surface area contributed by atoms with E-state index in [2.05, 4.69) is 26.2 Å². The molecular formula is C25H25FN6OS. The molecule has 1 spiro atoms. The number of nitrogens with zero attached hydrogens (tertiary/aromatic N) is 5. The number of anilines is 2. The van der Waals surface area contributed by atoms with Crippen molar-refractivity contribution in [2.75, 3.05) is 42.5 Å². The summed E-state index contributed by atoms with van der Waals surface area (Å²) in [6.45, 7) is 6.91. The predicted molar refractivity (Wildman–Crippen MR) is 130 cm³/mol. The molecule has 5 heterocycles. The van der Waals surface area contributed by atoms with Gasteiger partial charge in [-0.25, -0.2) is 14.4 Å². The first kappa shape index (κ1) is 21.3. The van der Waals surface area contributed by atoms with Crippen LogP contribution in [0.25, 0.3) is 11.1 Å². The maximum atomic E-state index is 15.2. The zero-order chi connectivity index (χ0) is 23.4. The highest BCUT2D eigenvalue weighted by atomic mass is 32.1. The molecule has 3 aliphatic heterocycles. The maximum Gasteiger partial charge on any atom is 0.172 e. The van der Waals surface area contributed by atoms with Crippen LogP contribution in [0.3, 0.4) is 0 Å². The van der Waals surface area contributed by atoms with Crippen molar-refractivity contribution in [2.45, 2.75) is 26.3 Å². The standard InChI is InChI=1S/C25H25FN6OS/c1-15-24(34-14-29-15)31-7-5-16-19(10-31)30-23(32-8-6-25(13-32)11-28-12-25)18(9-27)21(16)17-3-2-4-20(33)22(17)26/h2-4,14,28,33H,5-8,10-13H2,1H3. The van der Waals surface area contributed by atoms with Gasteiger partial charge in [-0.1, -0.05) is 12.1 Å². The number of benzene rings is 1. The molecule has 0 bridgehead atoms. The number of aryl methyl sites for hydroxylation is 1. The van der Waals surface area contributed by atoms with Crippen LogP contribution < -0.4 is 15.1 Å². The molecule has 3 aliphatic rings. The minimum absolute atomic E-state index is 0.229. The second-order valence-corrected chi connectivity index (χ2v) is 10.4. The molecule has 0 amide bonds. The number of aromatic nitrogens is 2. The Morgan fingerprint density at radius 3 is 2.79 bits per heavy atom. The van der Waals surface area contributed by atoms with Crippen LogP contribution in [0.5, 0.6) is 5.75 Å². The second kappa shape index (κ2) is 7.93. The summed E-state index contributed by atoms with van der Waals surface area (Å²) < 4.78 is 15.2. The van der Waals surface area contributed by atoms with Gasteiger partial charge in [0.05, 0.1) is 23.4 Å². The number of nitrogens with one attached hydrogen (secondary N) is 1. The molecule has 0 unspecified atom stereocenters. The van der Waals surface area contributed by atoms with Crippen molar-refractivity contribution in [3.8, 4) is 22.9 Å². The second-order valence-electron chi connectivity index (χ2n) is 9.55.